The Morgan fingerprint density at radius 3 is 2.00 bits per heavy atom. The van der Waals surface area contributed by atoms with E-state index in [2.05, 4.69) is 6.92 Å². The SMILES string of the molecule is CCCCCC1CCC(CCCCc2ccc(C(=O)Oc3ccc(F)cc3)cc2)CC1. The van der Waals surface area contributed by atoms with Crippen molar-refractivity contribution in [2.75, 3.05) is 0 Å². The Hall–Kier alpha value is -2.16. The number of halogens is 1. The summed E-state index contributed by atoms with van der Waals surface area (Å²) in [5, 5.41) is 0. The summed E-state index contributed by atoms with van der Waals surface area (Å²) in [5.41, 5.74) is 1.78. The summed E-state index contributed by atoms with van der Waals surface area (Å²) in [6.45, 7) is 2.29. The molecule has 0 spiro atoms. The van der Waals surface area contributed by atoms with Crippen molar-refractivity contribution in [3.05, 3.63) is 65.5 Å². The lowest BCUT2D eigenvalue weighted by Gasteiger charge is -2.28. The molecule has 0 atom stereocenters. The van der Waals surface area contributed by atoms with Crippen LogP contribution in [0.4, 0.5) is 4.39 Å². The molecule has 0 amide bonds. The normalized spacial score (nSPS) is 18.6. The van der Waals surface area contributed by atoms with Gasteiger partial charge in [0.2, 0.25) is 0 Å². The average Bonchev–Trinajstić information content (AvgIpc) is 2.80. The monoisotopic (exact) mass is 424 g/mol. The molecule has 3 rings (SSSR count). The third-order valence-electron chi connectivity index (χ3n) is 6.72. The van der Waals surface area contributed by atoms with E-state index >= 15 is 0 Å². The van der Waals surface area contributed by atoms with Gasteiger partial charge in [0.25, 0.3) is 0 Å². The van der Waals surface area contributed by atoms with Gasteiger partial charge >= 0.3 is 5.97 Å². The van der Waals surface area contributed by atoms with Crippen molar-refractivity contribution >= 4 is 5.97 Å². The van der Waals surface area contributed by atoms with Crippen LogP contribution in [0.5, 0.6) is 5.75 Å². The van der Waals surface area contributed by atoms with E-state index < -0.39 is 5.97 Å². The molecule has 2 aromatic rings. The van der Waals surface area contributed by atoms with Crippen LogP contribution in [-0.4, -0.2) is 5.97 Å². The second kappa shape index (κ2) is 12.6. The molecular formula is C28H37FO2. The third kappa shape index (κ3) is 8.12. The van der Waals surface area contributed by atoms with E-state index in [1.54, 1.807) is 0 Å². The molecule has 2 aromatic carbocycles. The summed E-state index contributed by atoms with van der Waals surface area (Å²) < 4.78 is 18.2. The van der Waals surface area contributed by atoms with Crippen LogP contribution < -0.4 is 4.74 Å². The molecule has 1 saturated carbocycles. The van der Waals surface area contributed by atoms with Crippen molar-refractivity contribution in [3.8, 4) is 5.75 Å². The highest BCUT2D eigenvalue weighted by Crippen LogP contribution is 2.34. The molecule has 2 nitrogen and oxygen atoms in total. The van der Waals surface area contributed by atoms with Gasteiger partial charge in [-0.3, -0.25) is 0 Å². The fraction of sp³-hybridized carbons (Fsp3) is 0.536. The van der Waals surface area contributed by atoms with E-state index in [0.717, 1.165) is 18.3 Å². The van der Waals surface area contributed by atoms with Gasteiger partial charge in [0.05, 0.1) is 5.56 Å². The summed E-state index contributed by atoms with van der Waals surface area (Å²) in [6, 6.07) is 13.2. The van der Waals surface area contributed by atoms with E-state index in [-0.39, 0.29) is 5.82 Å². The topological polar surface area (TPSA) is 26.3 Å². The van der Waals surface area contributed by atoms with Crippen LogP contribution in [0.15, 0.2) is 48.5 Å². The quantitative estimate of drug-likeness (QED) is 0.207. The number of carbonyl (C=O) groups excluding carboxylic acids is 1. The zero-order valence-electron chi connectivity index (χ0n) is 19.0. The first-order valence-corrected chi connectivity index (χ1v) is 12.2. The predicted octanol–water partition coefficient (Wildman–Crippen LogP) is 8.14. The summed E-state index contributed by atoms with van der Waals surface area (Å²) in [6.07, 6.45) is 16.3. The van der Waals surface area contributed by atoms with Crippen LogP contribution in [0.2, 0.25) is 0 Å². The largest absolute Gasteiger partial charge is 0.423 e. The van der Waals surface area contributed by atoms with E-state index in [9.17, 15) is 9.18 Å². The number of hydrogen-bond acceptors (Lipinski definition) is 2. The molecule has 0 bridgehead atoms. The van der Waals surface area contributed by atoms with Crippen molar-refractivity contribution in [1.29, 1.82) is 0 Å². The molecule has 31 heavy (non-hydrogen) atoms. The number of esters is 1. The molecule has 1 aliphatic rings. The van der Waals surface area contributed by atoms with Gasteiger partial charge in [-0.25, -0.2) is 9.18 Å². The van der Waals surface area contributed by atoms with Crippen molar-refractivity contribution < 1.29 is 13.9 Å². The molecule has 0 heterocycles. The Kier molecular flexibility index (Phi) is 9.58. The first-order chi connectivity index (χ1) is 15.1. The minimum atomic E-state index is -0.413. The Morgan fingerprint density at radius 1 is 0.839 bits per heavy atom. The Morgan fingerprint density at radius 2 is 1.42 bits per heavy atom. The lowest BCUT2D eigenvalue weighted by Crippen LogP contribution is -2.14. The minimum absolute atomic E-state index is 0.348. The molecule has 0 aromatic heterocycles. The smallest absolute Gasteiger partial charge is 0.343 e. The lowest BCUT2D eigenvalue weighted by atomic mass is 9.78. The van der Waals surface area contributed by atoms with Crippen LogP contribution in [0.25, 0.3) is 0 Å². The summed E-state index contributed by atoms with van der Waals surface area (Å²) in [7, 11) is 0. The zero-order chi connectivity index (χ0) is 21.9. The molecular weight excluding hydrogens is 387 g/mol. The maximum absolute atomic E-state index is 13.0. The first kappa shape index (κ1) is 23.5. The second-order valence-electron chi connectivity index (χ2n) is 9.17. The van der Waals surface area contributed by atoms with Gasteiger partial charge in [-0.1, -0.05) is 83.3 Å². The molecule has 3 heteroatoms. The summed E-state index contributed by atoms with van der Waals surface area (Å²) >= 11 is 0. The predicted molar refractivity (Wildman–Crippen MR) is 125 cm³/mol. The first-order valence-electron chi connectivity index (χ1n) is 12.2. The van der Waals surface area contributed by atoms with Gasteiger partial charge in [0, 0.05) is 0 Å². The highest BCUT2D eigenvalue weighted by molar-refractivity contribution is 5.91. The lowest BCUT2D eigenvalue weighted by molar-refractivity contribution is 0.0734. The Bertz CT molecular complexity index is 774. The van der Waals surface area contributed by atoms with Crippen LogP contribution in [0, 0.1) is 17.7 Å². The number of aryl methyl sites for hydroxylation is 1. The fourth-order valence-electron chi connectivity index (χ4n) is 4.73. The Balaban J connectivity index is 1.32. The van der Waals surface area contributed by atoms with E-state index in [0.29, 0.717) is 11.3 Å². The maximum atomic E-state index is 13.0. The third-order valence-corrected chi connectivity index (χ3v) is 6.72. The zero-order valence-corrected chi connectivity index (χ0v) is 19.0. The molecule has 1 aliphatic carbocycles. The molecule has 0 unspecified atom stereocenters. The van der Waals surface area contributed by atoms with Crippen LogP contribution >= 0.6 is 0 Å². The van der Waals surface area contributed by atoms with Gasteiger partial charge in [0.15, 0.2) is 0 Å². The number of carbonyl (C=O) groups is 1. The second-order valence-corrected chi connectivity index (χ2v) is 9.17. The van der Waals surface area contributed by atoms with E-state index in [1.165, 1.54) is 100 Å². The standard InChI is InChI=1S/C28H37FO2/c1-2-3-4-7-22-10-12-23(13-11-22)8-5-6-9-24-14-16-25(17-15-24)28(30)31-27-20-18-26(29)19-21-27/h14-23H,2-13H2,1H3. The number of unbranched alkanes of at least 4 members (excludes halogenated alkanes) is 3. The molecule has 1 fully saturated rings. The summed E-state index contributed by atoms with van der Waals surface area (Å²) in [4.78, 5) is 12.2. The number of benzene rings is 2. The summed E-state index contributed by atoms with van der Waals surface area (Å²) in [5.74, 6) is 1.52. The van der Waals surface area contributed by atoms with Gasteiger partial charge < -0.3 is 4.74 Å². The number of hydrogen-bond donors (Lipinski definition) is 0. The van der Waals surface area contributed by atoms with Crippen LogP contribution in [-0.2, 0) is 6.42 Å². The van der Waals surface area contributed by atoms with E-state index in [4.69, 9.17) is 4.74 Å². The van der Waals surface area contributed by atoms with Gasteiger partial charge in [-0.2, -0.15) is 0 Å². The van der Waals surface area contributed by atoms with Gasteiger partial charge in [-0.05, 0) is 66.6 Å². The highest BCUT2D eigenvalue weighted by atomic mass is 19.1. The molecule has 0 radical (unpaired) electrons. The average molecular weight is 425 g/mol. The van der Waals surface area contributed by atoms with Crippen molar-refractivity contribution in [2.24, 2.45) is 11.8 Å². The van der Waals surface area contributed by atoms with Gasteiger partial charge in [0.1, 0.15) is 11.6 Å². The van der Waals surface area contributed by atoms with Crippen LogP contribution in [0.1, 0.15) is 93.5 Å². The van der Waals surface area contributed by atoms with Crippen molar-refractivity contribution in [2.45, 2.75) is 84.0 Å². The molecule has 0 saturated heterocycles. The van der Waals surface area contributed by atoms with Crippen molar-refractivity contribution in [3.63, 3.8) is 0 Å². The fourth-order valence-corrected chi connectivity index (χ4v) is 4.73. The number of ether oxygens (including phenoxy) is 1. The molecule has 0 N–H and O–H groups in total. The minimum Gasteiger partial charge on any atom is -0.423 e. The maximum Gasteiger partial charge on any atom is 0.343 e. The van der Waals surface area contributed by atoms with Crippen LogP contribution in [0.3, 0.4) is 0 Å². The van der Waals surface area contributed by atoms with Gasteiger partial charge in [-0.15, -0.1) is 0 Å². The van der Waals surface area contributed by atoms with E-state index in [1.807, 2.05) is 24.3 Å². The molecule has 0 aliphatic heterocycles. The number of rotatable bonds is 11. The Labute approximate surface area is 187 Å². The highest BCUT2D eigenvalue weighted by Gasteiger charge is 2.20. The van der Waals surface area contributed by atoms with Crippen molar-refractivity contribution in [1.82, 2.24) is 0 Å². The molecule has 168 valence electrons.